The molecule has 2 aromatic heterocycles. The molecule has 2 aromatic carbocycles. The predicted molar refractivity (Wildman–Crippen MR) is 125 cm³/mol. The summed E-state index contributed by atoms with van der Waals surface area (Å²) in [6.07, 6.45) is 0. The number of anilines is 1. The molecule has 0 radical (unpaired) electrons. The van der Waals surface area contributed by atoms with Gasteiger partial charge >= 0.3 is 0 Å². The third kappa shape index (κ3) is 5.46. The van der Waals surface area contributed by atoms with Crippen molar-refractivity contribution in [2.75, 3.05) is 5.32 Å². The summed E-state index contributed by atoms with van der Waals surface area (Å²) in [5.74, 6) is 1.28. The zero-order valence-electron chi connectivity index (χ0n) is 16.9. The van der Waals surface area contributed by atoms with E-state index in [4.69, 9.17) is 44.0 Å². The number of hydrogen-bond acceptors (Lipinski definition) is 4. The number of carbonyl (C=O) groups is 1. The van der Waals surface area contributed by atoms with Crippen LogP contribution in [0.25, 0.3) is 0 Å². The molecule has 0 bridgehead atoms. The van der Waals surface area contributed by atoms with Crippen molar-refractivity contribution in [2.24, 2.45) is 0 Å². The van der Waals surface area contributed by atoms with Crippen molar-refractivity contribution < 1.29 is 13.9 Å². The van der Waals surface area contributed by atoms with E-state index in [-0.39, 0.29) is 12.4 Å². The monoisotopic (exact) mass is 489 g/mol. The molecular formula is C23H18Cl3N3O3. The average molecular weight is 491 g/mol. The summed E-state index contributed by atoms with van der Waals surface area (Å²) in [5, 5.41) is 8.89. The van der Waals surface area contributed by atoms with E-state index < -0.39 is 5.91 Å². The molecule has 0 atom stereocenters. The van der Waals surface area contributed by atoms with Gasteiger partial charge in [0.15, 0.2) is 11.6 Å². The van der Waals surface area contributed by atoms with Crippen LogP contribution in [0.3, 0.4) is 0 Å². The molecule has 0 aliphatic carbocycles. The first-order chi connectivity index (χ1) is 15.4. The quantitative estimate of drug-likeness (QED) is 0.316. The summed E-state index contributed by atoms with van der Waals surface area (Å²) in [6.45, 7) is 2.51. The second-order valence-electron chi connectivity index (χ2n) is 7.03. The Bertz CT molecular complexity index is 1270. The lowest BCUT2D eigenvalue weighted by Crippen LogP contribution is -2.12. The Morgan fingerprint density at radius 2 is 1.88 bits per heavy atom. The number of nitrogens with one attached hydrogen (secondary N) is 1. The summed E-state index contributed by atoms with van der Waals surface area (Å²) in [4.78, 5) is 12.6. The van der Waals surface area contributed by atoms with E-state index >= 15 is 0 Å². The molecule has 0 saturated heterocycles. The van der Waals surface area contributed by atoms with E-state index in [1.807, 2.05) is 13.0 Å². The van der Waals surface area contributed by atoms with Gasteiger partial charge in [0, 0.05) is 26.8 Å². The van der Waals surface area contributed by atoms with Crippen LogP contribution in [0.15, 0.2) is 65.1 Å². The van der Waals surface area contributed by atoms with Gasteiger partial charge in [0.1, 0.15) is 18.1 Å². The number of benzene rings is 2. The van der Waals surface area contributed by atoms with Crippen LogP contribution in [0.5, 0.6) is 5.75 Å². The van der Waals surface area contributed by atoms with Gasteiger partial charge in [0.05, 0.1) is 6.54 Å². The molecule has 1 N–H and O–H groups in total. The lowest BCUT2D eigenvalue weighted by atomic mass is 10.2. The highest BCUT2D eigenvalue weighted by atomic mass is 35.5. The van der Waals surface area contributed by atoms with Crippen LogP contribution in [-0.2, 0) is 13.2 Å². The van der Waals surface area contributed by atoms with Crippen LogP contribution in [0.4, 0.5) is 5.82 Å². The lowest BCUT2D eigenvalue weighted by Gasteiger charge is -2.07. The van der Waals surface area contributed by atoms with E-state index in [1.165, 1.54) is 0 Å². The molecule has 0 saturated carbocycles. The number of furan rings is 1. The summed E-state index contributed by atoms with van der Waals surface area (Å²) in [7, 11) is 0. The highest BCUT2D eigenvalue weighted by molar-refractivity contribution is 6.35. The van der Waals surface area contributed by atoms with Gasteiger partial charge < -0.3 is 14.5 Å². The number of aryl methyl sites for hydroxylation is 1. The molecule has 164 valence electrons. The third-order valence-electron chi connectivity index (χ3n) is 4.62. The van der Waals surface area contributed by atoms with E-state index in [9.17, 15) is 4.79 Å². The minimum Gasteiger partial charge on any atom is -0.486 e. The van der Waals surface area contributed by atoms with Crippen molar-refractivity contribution in [2.45, 2.75) is 20.1 Å². The molecule has 9 heteroatoms. The number of hydrogen-bond donors (Lipinski definition) is 1. The van der Waals surface area contributed by atoms with Crippen molar-refractivity contribution in [3.05, 3.63) is 98.5 Å². The second kappa shape index (κ2) is 9.69. The Morgan fingerprint density at radius 1 is 1.06 bits per heavy atom. The summed E-state index contributed by atoms with van der Waals surface area (Å²) in [6, 6.07) is 17.4. The highest BCUT2D eigenvalue weighted by Gasteiger charge is 2.15. The van der Waals surface area contributed by atoms with Crippen LogP contribution in [0, 0.1) is 6.92 Å². The Hall–Kier alpha value is -2.93. The van der Waals surface area contributed by atoms with Crippen molar-refractivity contribution in [1.82, 2.24) is 9.78 Å². The van der Waals surface area contributed by atoms with Crippen molar-refractivity contribution in [1.29, 1.82) is 0 Å². The smallest absolute Gasteiger partial charge is 0.292 e. The van der Waals surface area contributed by atoms with E-state index in [0.717, 1.165) is 11.3 Å². The number of carbonyl (C=O) groups excluding carboxylic acids is 1. The van der Waals surface area contributed by atoms with Gasteiger partial charge in [-0.15, -0.1) is 0 Å². The Balaban J connectivity index is 1.38. The molecule has 1 amide bonds. The van der Waals surface area contributed by atoms with Crippen LogP contribution in [0.2, 0.25) is 15.1 Å². The van der Waals surface area contributed by atoms with Gasteiger partial charge in [-0.2, -0.15) is 5.10 Å². The molecule has 4 aromatic rings. The summed E-state index contributed by atoms with van der Waals surface area (Å²) < 4.78 is 13.0. The highest BCUT2D eigenvalue weighted by Crippen LogP contribution is 2.23. The van der Waals surface area contributed by atoms with E-state index in [2.05, 4.69) is 10.4 Å². The molecule has 0 aliphatic heterocycles. The van der Waals surface area contributed by atoms with Crippen molar-refractivity contribution in [3.63, 3.8) is 0 Å². The molecule has 6 nitrogen and oxygen atoms in total. The van der Waals surface area contributed by atoms with Gasteiger partial charge in [0.25, 0.3) is 5.91 Å². The maximum absolute atomic E-state index is 12.6. The number of ether oxygens (including phenoxy) is 1. The Kier molecular flexibility index (Phi) is 6.74. The van der Waals surface area contributed by atoms with Gasteiger partial charge in [-0.05, 0) is 55.0 Å². The first-order valence-electron chi connectivity index (χ1n) is 9.64. The molecule has 2 heterocycles. The molecule has 32 heavy (non-hydrogen) atoms. The first-order valence-corrected chi connectivity index (χ1v) is 10.8. The number of halogens is 3. The number of aromatic nitrogens is 2. The molecule has 4 rings (SSSR count). The second-order valence-corrected chi connectivity index (χ2v) is 8.31. The van der Waals surface area contributed by atoms with Crippen molar-refractivity contribution in [3.8, 4) is 5.75 Å². The molecule has 0 aliphatic rings. The number of nitrogens with zero attached hydrogens (tertiary/aromatic N) is 2. The third-order valence-corrected chi connectivity index (χ3v) is 5.44. The normalized spacial score (nSPS) is 10.9. The average Bonchev–Trinajstić information content (AvgIpc) is 3.35. The molecular weight excluding hydrogens is 473 g/mol. The Labute approximate surface area is 199 Å². The standard InChI is InChI=1S/C23H18Cl3N3O3/c1-14-9-22(28-29(14)12-15-5-6-17(25)11-20(15)26)27-23(30)21-8-7-19(32-21)13-31-18-4-2-3-16(24)10-18/h2-11H,12-13H2,1H3,(H,27,28,30). The van der Waals surface area contributed by atoms with Crippen LogP contribution in [0.1, 0.15) is 27.6 Å². The minimum absolute atomic E-state index is 0.155. The molecule has 0 spiro atoms. The largest absolute Gasteiger partial charge is 0.486 e. The maximum Gasteiger partial charge on any atom is 0.292 e. The molecule has 0 unspecified atom stereocenters. The van der Waals surface area contributed by atoms with Crippen LogP contribution in [-0.4, -0.2) is 15.7 Å². The van der Waals surface area contributed by atoms with E-state index in [1.54, 1.807) is 59.3 Å². The molecule has 0 fully saturated rings. The van der Waals surface area contributed by atoms with E-state index in [0.29, 0.717) is 38.9 Å². The zero-order chi connectivity index (χ0) is 22.7. The predicted octanol–water partition coefficient (Wildman–Crippen LogP) is 6.62. The van der Waals surface area contributed by atoms with Gasteiger partial charge in [-0.3, -0.25) is 9.48 Å². The zero-order valence-corrected chi connectivity index (χ0v) is 19.2. The van der Waals surface area contributed by atoms with Gasteiger partial charge in [0.2, 0.25) is 0 Å². The fraction of sp³-hybridized carbons (Fsp3) is 0.130. The summed E-state index contributed by atoms with van der Waals surface area (Å²) >= 11 is 18.2. The maximum atomic E-state index is 12.6. The van der Waals surface area contributed by atoms with Crippen LogP contribution >= 0.6 is 34.8 Å². The van der Waals surface area contributed by atoms with Gasteiger partial charge in [-0.1, -0.05) is 46.9 Å². The number of amides is 1. The fourth-order valence-electron chi connectivity index (χ4n) is 3.01. The van der Waals surface area contributed by atoms with Gasteiger partial charge in [-0.25, -0.2) is 0 Å². The first kappa shape index (κ1) is 22.3. The lowest BCUT2D eigenvalue weighted by molar-refractivity contribution is 0.0992. The summed E-state index contributed by atoms with van der Waals surface area (Å²) in [5.41, 5.74) is 1.73. The number of rotatable bonds is 7. The Morgan fingerprint density at radius 3 is 2.66 bits per heavy atom. The fourth-order valence-corrected chi connectivity index (χ4v) is 3.66. The van der Waals surface area contributed by atoms with Crippen molar-refractivity contribution >= 4 is 46.5 Å². The topological polar surface area (TPSA) is 69.3 Å². The minimum atomic E-state index is -0.409. The van der Waals surface area contributed by atoms with Crippen LogP contribution < -0.4 is 10.1 Å². The SMILES string of the molecule is Cc1cc(NC(=O)c2ccc(COc3cccc(Cl)c3)o2)nn1Cc1ccc(Cl)cc1Cl.